The molecule has 0 aliphatic carbocycles. The summed E-state index contributed by atoms with van der Waals surface area (Å²) in [6, 6.07) is 6.51. The van der Waals surface area contributed by atoms with E-state index in [1.807, 2.05) is 12.1 Å². The summed E-state index contributed by atoms with van der Waals surface area (Å²) in [6.45, 7) is 13.2. The van der Waals surface area contributed by atoms with E-state index in [0.29, 0.717) is 0 Å². The van der Waals surface area contributed by atoms with Crippen LogP contribution < -0.4 is 15.0 Å². The van der Waals surface area contributed by atoms with Gasteiger partial charge >= 0.3 is 0 Å². The maximum absolute atomic E-state index is 5.57. The van der Waals surface area contributed by atoms with Gasteiger partial charge in [0, 0.05) is 30.4 Å². The van der Waals surface area contributed by atoms with Gasteiger partial charge in [-0.25, -0.2) is 0 Å². The Bertz CT molecular complexity index is 417. The molecule has 0 radical (unpaired) electrons. The lowest BCUT2D eigenvalue weighted by Gasteiger charge is -2.28. The summed E-state index contributed by atoms with van der Waals surface area (Å²) in [6.07, 6.45) is 3.07. The van der Waals surface area contributed by atoms with Gasteiger partial charge in [0.15, 0.2) is 0 Å². The fraction of sp³-hybridized carbons (Fsp3) is 0.529. The summed E-state index contributed by atoms with van der Waals surface area (Å²) in [5.41, 5.74) is 2.45. The summed E-state index contributed by atoms with van der Waals surface area (Å²) in [4.78, 5) is 2.31. The predicted octanol–water partition coefficient (Wildman–Crippen LogP) is 3.77. The second-order valence-electron chi connectivity index (χ2n) is 4.90. The molecule has 1 N–H and O–H groups in total. The van der Waals surface area contributed by atoms with Gasteiger partial charge in [-0.15, -0.1) is 6.58 Å². The molecule has 0 saturated carbocycles. The van der Waals surface area contributed by atoms with Crippen LogP contribution in [0, 0.1) is 0 Å². The molecule has 3 nitrogen and oxygen atoms in total. The zero-order valence-electron chi connectivity index (χ0n) is 13.3. The SMILES string of the molecule is C=CCN(CC)c1cccc(OC)c1C(C)NCCC. The number of nitrogens with one attached hydrogen (secondary N) is 1. The largest absolute Gasteiger partial charge is 0.496 e. The number of ether oxygens (including phenoxy) is 1. The number of methoxy groups -OCH3 is 1. The first-order valence-electron chi connectivity index (χ1n) is 7.45. The quantitative estimate of drug-likeness (QED) is 0.695. The number of anilines is 1. The Morgan fingerprint density at radius 3 is 2.70 bits per heavy atom. The molecule has 0 fully saturated rings. The van der Waals surface area contributed by atoms with E-state index in [4.69, 9.17) is 4.74 Å². The number of rotatable bonds is 9. The maximum Gasteiger partial charge on any atom is 0.125 e. The van der Waals surface area contributed by atoms with Crippen LogP contribution in [-0.2, 0) is 0 Å². The Morgan fingerprint density at radius 2 is 2.15 bits per heavy atom. The zero-order valence-corrected chi connectivity index (χ0v) is 13.3. The normalized spacial score (nSPS) is 12.0. The van der Waals surface area contributed by atoms with Gasteiger partial charge in [0.05, 0.1) is 7.11 Å². The summed E-state index contributed by atoms with van der Waals surface area (Å²) < 4.78 is 5.57. The van der Waals surface area contributed by atoms with E-state index in [1.54, 1.807) is 7.11 Å². The van der Waals surface area contributed by atoms with Gasteiger partial charge < -0.3 is 15.0 Å². The molecule has 0 aliphatic heterocycles. The number of benzene rings is 1. The van der Waals surface area contributed by atoms with Crippen LogP contribution in [0.25, 0.3) is 0 Å². The van der Waals surface area contributed by atoms with Gasteiger partial charge in [-0.2, -0.15) is 0 Å². The van der Waals surface area contributed by atoms with Crippen molar-refractivity contribution in [1.82, 2.24) is 5.32 Å². The van der Waals surface area contributed by atoms with Gasteiger partial charge in [0.1, 0.15) is 5.75 Å². The number of hydrogen-bond donors (Lipinski definition) is 1. The lowest BCUT2D eigenvalue weighted by Crippen LogP contribution is -2.27. The van der Waals surface area contributed by atoms with Crippen molar-refractivity contribution in [2.24, 2.45) is 0 Å². The molecule has 3 heteroatoms. The smallest absolute Gasteiger partial charge is 0.125 e. The molecule has 1 aromatic carbocycles. The Morgan fingerprint density at radius 1 is 1.40 bits per heavy atom. The first kappa shape index (κ1) is 16.6. The molecule has 0 heterocycles. The summed E-state index contributed by atoms with van der Waals surface area (Å²) in [5.74, 6) is 0.945. The Hall–Kier alpha value is -1.48. The molecule has 0 amide bonds. The highest BCUT2D eigenvalue weighted by Crippen LogP contribution is 2.34. The molecule has 1 unspecified atom stereocenters. The van der Waals surface area contributed by atoms with Crippen molar-refractivity contribution in [3.63, 3.8) is 0 Å². The highest BCUT2D eigenvalue weighted by Gasteiger charge is 2.18. The summed E-state index contributed by atoms with van der Waals surface area (Å²) in [7, 11) is 1.74. The van der Waals surface area contributed by atoms with Gasteiger partial charge in [0.25, 0.3) is 0 Å². The molecule has 0 saturated heterocycles. The number of likely N-dealkylation sites (N-methyl/N-ethyl adjacent to an activating group) is 1. The van der Waals surface area contributed by atoms with Crippen LogP contribution in [0.1, 0.15) is 38.8 Å². The van der Waals surface area contributed by atoms with Crippen LogP contribution in [0.3, 0.4) is 0 Å². The monoisotopic (exact) mass is 276 g/mol. The number of nitrogens with zero attached hydrogens (tertiary/aromatic N) is 1. The minimum atomic E-state index is 0.264. The lowest BCUT2D eigenvalue weighted by molar-refractivity contribution is 0.401. The van der Waals surface area contributed by atoms with E-state index in [-0.39, 0.29) is 6.04 Å². The minimum Gasteiger partial charge on any atom is -0.496 e. The molecular weight excluding hydrogens is 248 g/mol. The highest BCUT2D eigenvalue weighted by atomic mass is 16.5. The molecule has 1 aromatic rings. The molecular formula is C17H28N2O. The Labute approximate surface area is 123 Å². The standard InChI is InChI=1S/C17H28N2O/c1-6-12-18-14(4)17-15(19(8-3)13-7-2)10-9-11-16(17)20-5/h7,9-11,14,18H,2,6,8,12-13H2,1,3-5H3. The second-order valence-corrected chi connectivity index (χ2v) is 4.90. The third kappa shape index (κ3) is 4.01. The van der Waals surface area contributed by atoms with Crippen molar-refractivity contribution < 1.29 is 4.74 Å². The fourth-order valence-corrected chi connectivity index (χ4v) is 2.44. The molecule has 0 aliphatic rings. The van der Waals surface area contributed by atoms with Gasteiger partial charge in [-0.1, -0.05) is 19.1 Å². The molecule has 20 heavy (non-hydrogen) atoms. The second kappa shape index (κ2) is 8.64. The van der Waals surface area contributed by atoms with E-state index >= 15 is 0 Å². The van der Waals surface area contributed by atoms with Crippen LogP contribution in [0.2, 0.25) is 0 Å². The Balaban J connectivity index is 3.18. The van der Waals surface area contributed by atoms with Gasteiger partial charge in [0.2, 0.25) is 0 Å². The highest BCUT2D eigenvalue weighted by molar-refractivity contribution is 5.61. The first-order valence-corrected chi connectivity index (χ1v) is 7.45. The third-order valence-electron chi connectivity index (χ3n) is 3.47. The molecule has 0 spiro atoms. The summed E-state index contributed by atoms with van der Waals surface area (Å²) >= 11 is 0. The van der Waals surface area contributed by atoms with Crippen LogP contribution in [0.4, 0.5) is 5.69 Å². The lowest BCUT2D eigenvalue weighted by atomic mass is 10.0. The predicted molar refractivity (Wildman–Crippen MR) is 87.8 cm³/mol. The molecule has 1 rings (SSSR count). The number of hydrogen-bond acceptors (Lipinski definition) is 3. The minimum absolute atomic E-state index is 0.264. The van der Waals surface area contributed by atoms with Crippen LogP contribution in [-0.4, -0.2) is 26.7 Å². The van der Waals surface area contributed by atoms with Crippen LogP contribution >= 0.6 is 0 Å². The van der Waals surface area contributed by atoms with Crippen molar-refractivity contribution in [2.45, 2.75) is 33.2 Å². The molecule has 1 atom stereocenters. The van der Waals surface area contributed by atoms with Crippen molar-refractivity contribution >= 4 is 5.69 Å². The zero-order chi connectivity index (χ0) is 15.0. The summed E-state index contributed by atoms with van der Waals surface area (Å²) in [5, 5.41) is 3.55. The third-order valence-corrected chi connectivity index (χ3v) is 3.47. The van der Waals surface area contributed by atoms with Crippen molar-refractivity contribution in [3.8, 4) is 5.75 Å². The molecule has 0 aromatic heterocycles. The van der Waals surface area contributed by atoms with Crippen molar-refractivity contribution in [2.75, 3.05) is 31.6 Å². The van der Waals surface area contributed by atoms with Crippen molar-refractivity contribution in [1.29, 1.82) is 0 Å². The first-order chi connectivity index (χ1) is 9.69. The van der Waals surface area contributed by atoms with E-state index in [1.165, 1.54) is 11.3 Å². The van der Waals surface area contributed by atoms with Gasteiger partial charge in [-0.3, -0.25) is 0 Å². The van der Waals surface area contributed by atoms with E-state index < -0.39 is 0 Å². The van der Waals surface area contributed by atoms with E-state index in [0.717, 1.165) is 31.8 Å². The van der Waals surface area contributed by atoms with E-state index in [2.05, 4.69) is 49.7 Å². The topological polar surface area (TPSA) is 24.5 Å². The van der Waals surface area contributed by atoms with Crippen LogP contribution in [0.15, 0.2) is 30.9 Å². The molecule has 112 valence electrons. The van der Waals surface area contributed by atoms with Crippen molar-refractivity contribution in [3.05, 3.63) is 36.4 Å². The fourth-order valence-electron chi connectivity index (χ4n) is 2.44. The molecule has 0 bridgehead atoms. The maximum atomic E-state index is 5.57. The van der Waals surface area contributed by atoms with Gasteiger partial charge in [-0.05, 0) is 38.9 Å². The average molecular weight is 276 g/mol. The average Bonchev–Trinajstić information content (AvgIpc) is 2.49. The van der Waals surface area contributed by atoms with Crippen LogP contribution in [0.5, 0.6) is 5.75 Å². The Kier molecular flexibility index (Phi) is 7.16. The van der Waals surface area contributed by atoms with E-state index in [9.17, 15) is 0 Å².